The molecule has 2 amide bonds. The van der Waals surface area contributed by atoms with E-state index < -0.39 is 23.6 Å². The van der Waals surface area contributed by atoms with Gasteiger partial charge in [-0.1, -0.05) is 99.3 Å². The number of carbonyl (C=O) groups excluding carboxylic acids is 2. The van der Waals surface area contributed by atoms with Crippen LogP contribution in [-0.4, -0.2) is 94.6 Å². The fourth-order valence-electron chi connectivity index (χ4n) is 13.2. The molecule has 6 heterocycles. The summed E-state index contributed by atoms with van der Waals surface area (Å²) in [4.78, 5) is 56.6. The van der Waals surface area contributed by atoms with Crippen LogP contribution in [0.2, 0.25) is 5.02 Å². The van der Waals surface area contributed by atoms with Gasteiger partial charge in [0.15, 0.2) is 0 Å². The third kappa shape index (κ3) is 9.02. The summed E-state index contributed by atoms with van der Waals surface area (Å²) in [7, 11) is 0. The second kappa shape index (κ2) is 19.5. The number of aliphatic hydroxyl groups is 1. The summed E-state index contributed by atoms with van der Waals surface area (Å²) < 4.78 is 3.99. The van der Waals surface area contributed by atoms with Gasteiger partial charge in [0.05, 0.1) is 60.9 Å². The van der Waals surface area contributed by atoms with Crippen LogP contribution in [0.4, 0.5) is 0 Å². The molecule has 378 valence electrons. The Hall–Kier alpha value is -5.28. The summed E-state index contributed by atoms with van der Waals surface area (Å²) in [5, 5.41) is 24.3. The smallest absolute Gasteiger partial charge is 0.282 e. The number of benzene rings is 3. The molecule has 0 radical (unpaired) electrons. The van der Waals surface area contributed by atoms with Gasteiger partial charge in [-0.05, 0) is 136 Å². The minimum atomic E-state index is -0.803. The van der Waals surface area contributed by atoms with Crippen molar-refractivity contribution in [2.75, 3.05) is 26.2 Å². The van der Waals surface area contributed by atoms with Gasteiger partial charge in [0.25, 0.3) is 5.56 Å². The first kappa shape index (κ1) is 49.0. The average molecular weight is 1010 g/mol. The molecule has 13 nitrogen and oxygen atoms in total. The zero-order chi connectivity index (χ0) is 50.1. The number of fused-ring (bicyclic) bond motifs is 7. The predicted octanol–water partition coefficient (Wildman–Crippen LogP) is 10.2. The molecule has 5 aliphatic rings. The molecule has 2 aliphatic carbocycles. The van der Waals surface area contributed by atoms with Gasteiger partial charge in [0.2, 0.25) is 11.8 Å². The largest absolute Gasteiger partial charge is 0.391 e. The number of aliphatic hydroxyl groups excluding tert-OH is 1. The number of amides is 2. The van der Waals surface area contributed by atoms with E-state index in [4.69, 9.17) is 16.6 Å². The van der Waals surface area contributed by atoms with Gasteiger partial charge < -0.3 is 20.2 Å². The Morgan fingerprint density at radius 2 is 1.71 bits per heavy atom. The SMILES string of the molecule is Cc1ncsc1-c1ccc([C@H](C)NC(=O)[C@@H]2C[C@@H](O)CN2C(=O)[C@@H](n2cc(C3CCC(CN4CCC(c5ccc6c(c5)-n5c(nc(=O)c7c(Cl)cccc75)C65CCCCC5)CC4)CC3)nn2)C(C)(C)C)cc1. The standard InChI is InChI=1S/C57H68ClN9O4S/c1-34(37-16-18-40(19-17-37)50-35(2)59-33-72-50)60-52(69)48-29-42(68)31-65(48)54(71)51(56(3,4)5)66-32-45(62-63-66)39-14-12-36(13-15-39)30-64-26-22-38(23-27-64)41-20-21-43-47(28-41)67-46-11-9-10-44(58)49(46)53(70)61-55(67)57(43)24-7-6-8-25-57/h9-11,16-21,28,32-34,36,38-39,42,48,51,68H,6-8,12-15,22-27,29-31H2,1-5H3,(H,60,69)/t34-,36?,39?,42+,48-,51+/m0/s1. The molecule has 15 heteroatoms. The summed E-state index contributed by atoms with van der Waals surface area (Å²) in [5.41, 5.74) is 9.52. The fraction of sp³-hybridized carbons (Fsp3) is 0.526. The van der Waals surface area contributed by atoms with Crippen molar-refractivity contribution in [3.63, 3.8) is 0 Å². The Balaban J connectivity index is 0.704. The first-order chi connectivity index (χ1) is 34.7. The lowest BCUT2D eigenvalue weighted by Gasteiger charge is -2.37. The van der Waals surface area contributed by atoms with E-state index in [2.05, 4.69) is 48.3 Å². The summed E-state index contributed by atoms with van der Waals surface area (Å²) in [6.07, 6.45) is 13.4. The number of piperidine rings is 1. The van der Waals surface area contributed by atoms with Crippen molar-refractivity contribution in [2.45, 2.75) is 153 Å². The molecular weight excluding hydrogens is 942 g/mol. The van der Waals surface area contributed by atoms with Crippen LogP contribution < -0.4 is 10.9 Å². The lowest BCUT2D eigenvalue weighted by atomic mass is 9.69. The lowest BCUT2D eigenvalue weighted by molar-refractivity contribution is -0.144. The zero-order valence-corrected chi connectivity index (χ0v) is 43.9. The van der Waals surface area contributed by atoms with Gasteiger partial charge in [-0.25, -0.2) is 9.67 Å². The van der Waals surface area contributed by atoms with E-state index in [0.717, 1.165) is 123 Å². The minimum Gasteiger partial charge on any atom is -0.391 e. The van der Waals surface area contributed by atoms with Crippen LogP contribution in [0.5, 0.6) is 0 Å². The number of thiazole rings is 1. The van der Waals surface area contributed by atoms with Crippen LogP contribution in [0.15, 0.2) is 77.2 Å². The highest BCUT2D eigenvalue weighted by atomic mass is 35.5. The quantitative estimate of drug-likeness (QED) is 0.137. The summed E-state index contributed by atoms with van der Waals surface area (Å²) in [6.45, 7) is 13.3. The molecule has 3 aromatic carbocycles. The number of hydrogen-bond donors (Lipinski definition) is 2. The van der Waals surface area contributed by atoms with Crippen molar-refractivity contribution < 1.29 is 14.7 Å². The predicted molar refractivity (Wildman–Crippen MR) is 283 cm³/mol. The van der Waals surface area contributed by atoms with Crippen molar-refractivity contribution >= 4 is 45.7 Å². The molecule has 3 aromatic heterocycles. The van der Waals surface area contributed by atoms with Gasteiger partial charge in [-0.15, -0.1) is 16.4 Å². The van der Waals surface area contributed by atoms with Crippen molar-refractivity contribution in [1.29, 1.82) is 0 Å². The normalized spacial score (nSPS) is 23.3. The Bertz CT molecular complexity index is 3050. The molecule has 3 aliphatic heterocycles. The molecule has 0 unspecified atom stereocenters. The van der Waals surface area contributed by atoms with E-state index in [1.807, 2.05) is 82.7 Å². The Kier molecular flexibility index (Phi) is 13.3. The van der Waals surface area contributed by atoms with Crippen molar-refractivity contribution in [3.8, 4) is 16.1 Å². The number of carbonyl (C=O) groups is 2. The Labute approximate surface area is 431 Å². The number of aromatic nitrogens is 6. The second-order valence-electron chi connectivity index (χ2n) is 22.8. The maximum absolute atomic E-state index is 14.6. The molecule has 2 N–H and O–H groups in total. The lowest BCUT2D eigenvalue weighted by Crippen LogP contribution is -2.50. The minimum absolute atomic E-state index is 0.0867. The van der Waals surface area contributed by atoms with Crippen LogP contribution >= 0.6 is 22.9 Å². The number of likely N-dealkylation sites (tertiary alicyclic amines) is 2. The summed E-state index contributed by atoms with van der Waals surface area (Å²) in [6, 6.07) is 19.2. The van der Waals surface area contributed by atoms with Crippen LogP contribution in [0.25, 0.3) is 27.0 Å². The van der Waals surface area contributed by atoms with Crippen LogP contribution in [-0.2, 0) is 15.0 Å². The van der Waals surface area contributed by atoms with E-state index in [9.17, 15) is 19.5 Å². The molecule has 11 rings (SSSR count). The maximum atomic E-state index is 14.6. The molecule has 6 aromatic rings. The van der Waals surface area contributed by atoms with E-state index >= 15 is 0 Å². The average Bonchev–Trinajstić information content (AvgIpc) is 4.18. The van der Waals surface area contributed by atoms with Crippen molar-refractivity contribution in [3.05, 3.63) is 122 Å². The first-order valence-electron chi connectivity index (χ1n) is 26.5. The maximum Gasteiger partial charge on any atom is 0.282 e. The number of hydrogen-bond acceptors (Lipinski definition) is 10. The van der Waals surface area contributed by atoms with Crippen molar-refractivity contribution in [1.82, 2.24) is 44.6 Å². The van der Waals surface area contributed by atoms with Crippen LogP contribution in [0, 0.1) is 18.3 Å². The highest BCUT2D eigenvalue weighted by Crippen LogP contribution is 2.52. The second-order valence-corrected chi connectivity index (χ2v) is 24.1. The highest BCUT2D eigenvalue weighted by molar-refractivity contribution is 7.13. The first-order valence-corrected chi connectivity index (χ1v) is 27.7. The number of β-amino-alcohol motifs (C(OH)–C–C–N with tert-alkyl or cyclic N) is 1. The van der Waals surface area contributed by atoms with Crippen molar-refractivity contribution in [2.24, 2.45) is 11.3 Å². The number of rotatable bonds is 10. The monoisotopic (exact) mass is 1010 g/mol. The zero-order valence-electron chi connectivity index (χ0n) is 42.3. The van der Waals surface area contributed by atoms with Gasteiger partial charge in [0.1, 0.15) is 17.9 Å². The molecule has 2 saturated carbocycles. The van der Waals surface area contributed by atoms with Crippen LogP contribution in [0.1, 0.15) is 163 Å². The molecular formula is C57H68ClN9O4S. The Morgan fingerprint density at radius 3 is 2.42 bits per heavy atom. The van der Waals surface area contributed by atoms with E-state index in [1.54, 1.807) is 27.0 Å². The van der Waals surface area contributed by atoms with Gasteiger partial charge in [0, 0.05) is 31.6 Å². The number of aryl methyl sites for hydroxylation is 1. The van der Waals surface area contributed by atoms with Gasteiger partial charge in [-0.3, -0.25) is 19.0 Å². The highest BCUT2D eigenvalue weighted by Gasteiger charge is 2.48. The molecule has 1 spiro atoms. The van der Waals surface area contributed by atoms with E-state index in [-0.39, 0.29) is 47.7 Å². The third-order valence-electron chi connectivity index (χ3n) is 17.1. The van der Waals surface area contributed by atoms with Gasteiger partial charge in [-0.2, -0.15) is 4.98 Å². The third-order valence-corrected chi connectivity index (χ3v) is 18.4. The topological polar surface area (TPSA) is 151 Å². The molecule has 72 heavy (non-hydrogen) atoms. The Morgan fingerprint density at radius 1 is 0.958 bits per heavy atom. The van der Waals surface area contributed by atoms with Crippen LogP contribution in [0.3, 0.4) is 0 Å². The van der Waals surface area contributed by atoms with E-state index in [1.165, 1.54) is 23.2 Å². The number of nitrogens with zero attached hydrogens (tertiary/aromatic N) is 8. The molecule has 0 bridgehead atoms. The fourth-order valence-corrected chi connectivity index (χ4v) is 14.3. The van der Waals surface area contributed by atoms with E-state index in [0.29, 0.717) is 22.2 Å². The summed E-state index contributed by atoms with van der Waals surface area (Å²) >= 11 is 8.25. The summed E-state index contributed by atoms with van der Waals surface area (Å²) in [5.74, 6) is 1.75. The molecule has 4 atom stereocenters. The molecule has 2 saturated heterocycles. The molecule has 4 fully saturated rings. The van der Waals surface area contributed by atoms with Gasteiger partial charge >= 0.3 is 0 Å². The number of halogens is 1. The number of nitrogens with one attached hydrogen (secondary N) is 1.